The minimum absolute atomic E-state index is 0.00870. The third-order valence-electron chi connectivity index (χ3n) is 3.71. The molecule has 2 fully saturated rings. The molecule has 96 valence electrons. The lowest BCUT2D eigenvalue weighted by atomic mass is 9.83. The maximum Gasteiger partial charge on any atom is 0.239 e. The molecular formula is C12H21N3O2. The number of hydrogen-bond acceptors (Lipinski definition) is 3. The highest BCUT2D eigenvalue weighted by Gasteiger charge is 2.32. The first-order valence-corrected chi connectivity index (χ1v) is 6.41. The molecule has 17 heavy (non-hydrogen) atoms. The van der Waals surface area contributed by atoms with E-state index in [1.54, 1.807) is 0 Å². The predicted molar refractivity (Wildman–Crippen MR) is 64.4 cm³/mol. The second kappa shape index (κ2) is 5.04. The summed E-state index contributed by atoms with van der Waals surface area (Å²) in [5.74, 6) is -0.0349. The molecule has 1 saturated heterocycles. The number of rotatable bonds is 2. The first kappa shape index (κ1) is 12.4. The van der Waals surface area contributed by atoms with Gasteiger partial charge in [-0.25, -0.2) is 0 Å². The molecule has 1 heterocycles. The van der Waals surface area contributed by atoms with E-state index in [0.717, 1.165) is 12.8 Å². The summed E-state index contributed by atoms with van der Waals surface area (Å²) in [6.45, 7) is 2.74. The molecular weight excluding hydrogens is 218 g/mol. The summed E-state index contributed by atoms with van der Waals surface area (Å²) >= 11 is 0. The highest BCUT2D eigenvalue weighted by atomic mass is 16.2. The minimum Gasteiger partial charge on any atom is -0.353 e. The molecule has 5 nitrogen and oxygen atoms in total. The summed E-state index contributed by atoms with van der Waals surface area (Å²) in [4.78, 5) is 23.0. The van der Waals surface area contributed by atoms with Gasteiger partial charge in [-0.05, 0) is 19.8 Å². The van der Waals surface area contributed by atoms with E-state index in [0.29, 0.717) is 6.54 Å². The number of amides is 2. The molecule has 1 unspecified atom stereocenters. The van der Waals surface area contributed by atoms with Gasteiger partial charge in [0.2, 0.25) is 11.8 Å². The Morgan fingerprint density at radius 1 is 1.35 bits per heavy atom. The van der Waals surface area contributed by atoms with Crippen LogP contribution in [0, 0.1) is 0 Å². The standard InChI is InChI=1S/C12H21N3O2/c1-12(5-3-2-4-6-12)15-11(17)9-7-14-10(16)8-13-9/h9,13H,2-8H2,1H3,(H,14,16)(H,15,17). The second-order valence-corrected chi connectivity index (χ2v) is 5.35. The largest absolute Gasteiger partial charge is 0.353 e. The van der Waals surface area contributed by atoms with E-state index in [-0.39, 0.29) is 29.9 Å². The molecule has 1 aliphatic carbocycles. The van der Waals surface area contributed by atoms with Crippen molar-refractivity contribution in [2.45, 2.75) is 50.6 Å². The van der Waals surface area contributed by atoms with E-state index in [9.17, 15) is 9.59 Å². The molecule has 5 heteroatoms. The van der Waals surface area contributed by atoms with Crippen LogP contribution < -0.4 is 16.0 Å². The molecule has 0 spiro atoms. The average Bonchev–Trinajstić information content (AvgIpc) is 2.30. The number of carbonyl (C=O) groups excluding carboxylic acids is 2. The van der Waals surface area contributed by atoms with Crippen LogP contribution in [0.1, 0.15) is 39.0 Å². The Labute approximate surface area is 102 Å². The average molecular weight is 239 g/mol. The molecule has 2 rings (SSSR count). The Morgan fingerprint density at radius 2 is 2.06 bits per heavy atom. The van der Waals surface area contributed by atoms with Crippen LogP contribution >= 0.6 is 0 Å². The fourth-order valence-electron chi connectivity index (χ4n) is 2.59. The summed E-state index contributed by atoms with van der Waals surface area (Å²) in [5.41, 5.74) is -0.0571. The van der Waals surface area contributed by atoms with Crippen LogP contribution in [0.25, 0.3) is 0 Å². The number of nitrogens with one attached hydrogen (secondary N) is 3. The maximum atomic E-state index is 12.1. The Bertz CT molecular complexity index is 301. The zero-order valence-electron chi connectivity index (χ0n) is 10.3. The zero-order chi connectivity index (χ0) is 12.3. The third kappa shape index (κ3) is 3.19. The Morgan fingerprint density at radius 3 is 2.65 bits per heavy atom. The van der Waals surface area contributed by atoms with Gasteiger partial charge in [0.05, 0.1) is 6.54 Å². The Balaban J connectivity index is 1.85. The number of carbonyl (C=O) groups is 2. The van der Waals surface area contributed by atoms with E-state index in [1.807, 2.05) is 0 Å². The zero-order valence-corrected chi connectivity index (χ0v) is 10.3. The molecule has 1 atom stereocenters. The van der Waals surface area contributed by atoms with Crippen LogP contribution in [0.3, 0.4) is 0 Å². The van der Waals surface area contributed by atoms with Crippen LogP contribution in [0.15, 0.2) is 0 Å². The smallest absolute Gasteiger partial charge is 0.239 e. The van der Waals surface area contributed by atoms with E-state index < -0.39 is 0 Å². The number of hydrogen-bond donors (Lipinski definition) is 3. The van der Waals surface area contributed by atoms with Crippen molar-refractivity contribution in [3.05, 3.63) is 0 Å². The monoisotopic (exact) mass is 239 g/mol. The predicted octanol–water partition coefficient (Wildman–Crippen LogP) is -0.0866. The SMILES string of the molecule is CC1(NC(=O)C2CNC(=O)CN2)CCCCC1. The van der Waals surface area contributed by atoms with Crippen LogP contribution in [-0.4, -0.2) is 36.5 Å². The van der Waals surface area contributed by atoms with Gasteiger partial charge in [0, 0.05) is 12.1 Å². The second-order valence-electron chi connectivity index (χ2n) is 5.35. The van der Waals surface area contributed by atoms with Crippen molar-refractivity contribution in [2.75, 3.05) is 13.1 Å². The van der Waals surface area contributed by atoms with Gasteiger partial charge in [0.25, 0.3) is 0 Å². The van der Waals surface area contributed by atoms with Gasteiger partial charge in [-0.2, -0.15) is 0 Å². The van der Waals surface area contributed by atoms with Gasteiger partial charge < -0.3 is 10.6 Å². The quantitative estimate of drug-likeness (QED) is 0.631. The van der Waals surface area contributed by atoms with Crippen LogP contribution in [-0.2, 0) is 9.59 Å². The van der Waals surface area contributed by atoms with Crippen molar-refractivity contribution >= 4 is 11.8 Å². The normalized spacial score (nSPS) is 28.3. The first-order valence-electron chi connectivity index (χ1n) is 6.41. The van der Waals surface area contributed by atoms with Gasteiger partial charge in [0.15, 0.2) is 0 Å². The molecule has 1 saturated carbocycles. The van der Waals surface area contributed by atoms with Crippen molar-refractivity contribution in [3.8, 4) is 0 Å². The van der Waals surface area contributed by atoms with Gasteiger partial charge in [-0.3, -0.25) is 14.9 Å². The fraction of sp³-hybridized carbons (Fsp3) is 0.833. The summed E-state index contributed by atoms with van der Waals surface area (Å²) in [5, 5.41) is 8.78. The summed E-state index contributed by atoms with van der Waals surface area (Å²) in [7, 11) is 0. The van der Waals surface area contributed by atoms with Crippen molar-refractivity contribution in [2.24, 2.45) is 0 Å². The summed E-state index contributed by atoms with van der Waals surface area (Å²) in [6.07, 6.45) is 5.75. The van der Waals surface area contributed by atoms with E-state index in [2.05, 4.69) is 22.9 Å². The van der Waals surface area contributed by atoms with Crippen LogP contribution in [0.4, 0.5) is 0 Å². The molecule has 3 N–H and O–H groups in total. The molecule has 0 aromatic carbocycles. The van der Waals surface area contributed by atoms with Crippen LogP contribution in [0.2, 0.25) is 0 Å². The highest BCUT2D eigenvalue weighted by Crippen LogP contribution is 2.27. The lowest BCUT2D eigenvalue weighted by Crippen LogP contribution is -2.61. The molecule has 2 aliphatic rings. The van der Waals surface area contributed by atoms with Crippen molar-refractivity contribution in [1.29, 1.82) is 0 Å². The van der Waals surface area contributed by atoms with Crippen LogP contribution in [0.5, 0.6) is 0 Å². The maximum absolute atomic E-state index is 12.1. The minimum atomic E-state index is -0.286. The highest BCUT2D eigenvalue weighted by molar-refractivity contribution is 5.87. The molecule has 0 radical (unpaired) electrons. The molecule has 2 amide bonds. The van der Waals surface area contributed by atoms with E-state index in [4.69, 9.17) is 0 Å². The van der Waals surface area contributed by atoms with Crippen molar-refractivity contribution < 1.29 is 9.59 Å². The van der Waals surface area contributed by atoms with Gasteiger partial charge in [-0.15, -0.1) is 0 Å². The molecule has 1 aliphatic heterocycles. The van der Waals surface area contributed by atoms with Gasteiger partial charge in [-0.1, -0.05) is 19.3 Å². The molecule has 0 aromatic heterocycles. The fourth-order valence-corrected chi connectivity index (χ4v) is 2.59. The van der Waals surface area contributed by atoms with E-state index in [1.165, 1.54) is 19.3 Å². The lowest BCUT2D eigenvalue weighted by molar-refractivity contribution is -0.128. The van der Waals surface area contributed by atoms with Gasteiger partial charge in [0.1, 0.15) is 6.04 Å². The summed E-state index contributed by atoms with van der Waals surface area (Å²) < 4.78 is 0. The van der Waals surface area contributed by atoms with Gasteiger partial charge >= 0.3 is 0 Å². The molecule has 0 aromatic rings. The lowest BCUT2D eigenvalue weighted by Gasteiger charge is -2.36. The van der Waals surface area contributed by atoms with Crippen molar-refractivity contribution in [1.82, 2.24) is 16.0 Å². The Kier molecular flexibility index (Phi) is 3.66. The topological polar surface area (TPSA) is 70.2 Å². The Hall–Kier alpha value is -1.10. The molecule has 0 bridgehead atoms. The van der Waals surface area contributed by atoms with E-state index >= 15 is 0 Å². The summed E-state index contributed by atoms with van der Waals surface area (Å²) in [6, 6.07) is -0.286. The third-order valence-corrected chi connectivity index (χ3v) is 3.71. The number of piperazine rings is 1. The van der Waals surface area contributed by atoms with Crippen molar-refractivity contribution in [3.63, 3.8) is 0 Å². The first-order chi connectivity index (χ1) is 8.09.